The lowest BCUT2D eigenvalue weighted by Crippen LogP contribution is -2.10. The number of nitrogens with one attached hydrogen (secondary N) is 2. The zero-order chi connectivity index (χ0) is 12.3. The number of anilines is 1. The average molecular weight is 232 g/mol. The van der Waals surface area contributed by atoms with Crippen molar-refractivity contribution in [1.29, 1.82) is 0 Å². The van der Waals surface area contributed by atoms with Gasteiger partial charge in [0.1, 0.15) is 0 Å². The summed E-state index contributed by atoms with van der Waals surface area (Å²) in [5.74, 6) is 0.583. The molecule has 0 saturated carbocycles. The van der Waals surface area contributed by atoms with Crippen LogP contribution < -0.4 is 10.9 Å². The van der Waals surface area contributed by atoms with Gasteiger partial charge in [0.25, 0.3) is 5.56 Å². The number of nitrogens with zero attached hydrogens (tertiary/aromatic N) is 2. The van der Waals surface area contributed by atoms with Gasteiger partial charge >= 0.3 is 0 Å². The number of aromatic amines is 1. The van der Waals surface area contributed by atoms with E-state index >= 15 is 0 Å². The van der Waals surface area contributed by atoms with Gasteiger partial charge in [-0.25, -0.2) is 9.97 Å². The van der Waals surface area contributed by atoms with Crippen LogP contribution >= 0.6 is 0 Å². The number of fused-ring (bicyclic) bond motifs is 1. The van der Waals surface area contributed by atoms with Crippen LogP contribution in [0, 0.1) is 6.92 Å². The van der Waals surface area contributed by atoms with Gasteiger partial charge in [0, 0.05) is 18.9 Å². The van der Waals surface area contributed by atoms with Crippen LogP contribution in [0.3, 0.4) is 0 Å². The Balaban J connectivity index is 2.36. The highest BCUT2D eigenvalue weighted by molar-refractivity contribution is 5.80. The smallest absolute Gasteiger partial charge is 0.258 e. The summed E-state index contributed by atoms with van der Waals surface area (Å²) in [7, 11) is 0. The molecule has 0 aliphatic heterocycles. The van der Waals surface area contributed by atoms with E-state index < -0.39 is 0 Å². The van der Waals surface area contributed by atoms with Gasteiger partial charge in [-0.15, -0.1) is 0 Å². The molecule has 2 aromatic heterocycles. The van der Waals surface area contributed by atoms with Crippen LogP contribution in [0.15, 0.2) is 17.2 Å². The van der Waals surface area contributed by atoms with Crippen molar-refractivity contribution in [3.63, 3.8) is 0 Å². The van der Waals surface area contributed by atoms with E-state index in [0.717, 1.165) is 24.9 Å². The molecule has 2 rings (SSSR count). The van der Waals surface area contributed by atoms with E-state index in [1.165, 1.54) is 0 Å². The Hall–Kier alpha value is -1.91. The number of hydrogen-bond acceptors (Lipinski definition) is 4. The first-order valence-electron chi connectivity index (χ1n) is 5.81. The van der Waals surface area contributed by atoms with Crippen LogP contribution in [0.5, 0.6) is 0 Å². The van der Waals surface area contributed by atoms with Crippen LogP contribution in [-0.2, 0) is 0 Å². The van der Waals surface area contributed by atoms with Crippen molar-refractivity contribution in [2.24, 2.45) is 0 Å². The second-order valence-corrected chi connectivity index (χ2v) is 4.04. The van der Waals surface area contributed by atoms with Crippen LogP contribution in [0.1, 0.15) is 25.3 Å². The Morgan fingerprint density at radius 1 is 1.47 bits per heavy atom. The Labute approximate surface area is 99.3 Å². The van der Waals surface area contributed by atoms with Gasteiger partial charge < -0.3 is 10.3 Å². The number of hydrogen-bond donors (Lipinski definition) is 2. The largest absolute Gasteiger partial charge is 0.354 e. The Bertz CT molecular complexity index is 576. The van der Waals surface area contributed by atoms with E-state index in [2.05, 4.69) is 27.2 Å². The molecule has 0 bridgehead atoms. The lowest BCUT2D eigenvalue weighted by Gasteiger charge is -2.05. The summed E-state index contributed by atoms with van der Waals surface area (Å²) >= 11 is 0. The minimum absolute atomic E-state index is 0.147. The second-order valence-electron chi connectivity index (χ2n) is 4.04. The van der Waals surface area contributed by atoms with Gasteiger partial charge in [-0.1, -0.05) is 13.3 Å². The molecule has 0 spiro atoms. The maximum absolute atomic E-state index is 11.5. The number of pyridine rings is 1. The third-order valence-corrected chi connectivity index (χ3v) is 2.64. The maximum atomic E-state index is 11.5. The Kier molecular flexibility index (Phi) is 3.37. The molecule has 17 heavy (non-hydrogen) atoms. The Morgan fingerprint density at radius 2 is 2.29 bits per heavy atom. The first-order valence-corrected chi connectivity index (χ1v) is 5.81. The third-order valence-electron chi connectivity index (χ3n) is 2.64. The first kappa shape index (κ1) is 11.6. The van der Waals surface area contributed by atoms with Crippen LogP contribution in [0.4, 0.5) is 5.95 Å². The van der Waals surface area contributed by atoms with E-state index in [1.807, 2.05) is 6.92 Å². The summed E-state index contributed by atoms with van der Waals surface area (Å²) in [6, 6.07) is 0. The van der Waals surface area contributed by atoms with Crippen molar-refractivity contribution >= 4 is 16.9 Å². The minimum Gasteiger partial charge on any atom is -0.354 e. The van der Waals surface area contributed by atoms with Crippen LogP contribution in [-0.4, -0.2) is 21.5 Å². The molecule has 5 nitrogen and oxygen atoms in total. The number of aromatic nitrogens is 3. The van der Waals surface area contributed by atoms with Gasteiger partial charge in [-0.05, 0) is 18.9 Å². The molecule has 0 amide bonds. The van der Waals surface area contributed by atoms with Gasteiger partial charge in [-0.2, -0.15) is 0 Å². The second kappa shape index (κ2) is 4.95. The van der Waals surface area contributed by atoms with Crippen molar-refractivity contribution in [2.45, 2.75) is 26.7 Å². The van der Waals surface area contributed by atoms with E-state index in [4.69, 9.17) is 0 Å². The number of unbranched alkanes of at least 4 members (excludes halogenated alkanes) is 1. The topological polar surface area (TPSA) is 70.7 Å². The Morgan fingerprint density at radius 3 is 3.06 bits per heavy atom. The fraction of sp³-hybridized carbons (Fsp3) is 0.417. The van der Waals surface area contributed by atoms with Gasteiger partial charge in [0.15, 0.2) is 0 Å². The van der Waals surface area contributed by atoms with E-state index in [0.29, 0.717) is 16.9 Å². The molecule has 0 fully saturated rings. The van der Waals surface area contributed by atoms with Crippen molar-refractivity contribution in [3.05, 3.63) is 28.3 Å². The van der Waals surface area contributed by atoms with Crippen LogP contribution in [0.25, 0.3) is 10.9 Å². The molecule has 0 unspecified atom stereocenters. The predicted octanol–water partition coefficient (Wildman–Crippen LogP) is 1.84. The normalized spacial score (nSPS) is 10.7. The lowest BCUT2D eigenvalue weighted by atomic mass is 10.2. The molecule has 0 radical (unpaired) electrons. The number of aryl methyl sites for hydroxylation is 1. The molecular weight excluding hydrogens is 216 g/mol. The van der Waals surface area contributed by atoms with Gasteiger partial charge in [0.2, 0.25) is 5.95 Å². The fourth-order valence-corrected chi connectivity index (χ4v) is 1.63. The highest BCUT2D eigenvalue weighted by atomic mass is 16.1. The summed E-state index contributed by atoms with van der Waals surface area (Å²) in [5.41, 5.74) is 1.51. The lowest BCUT2D eigenvalue weighted by molar-refractivity contribution is 0.827. The van der Waals surface area contributed by atoms with Crippen LogP contribution in [0.2, 0.25) is 0 Å². The highest BCUT2D eigenvalue weighted by Crippen LogP contribution is 2.12. The molecule has 0 aromatic carbocycles. The summed E-state index contributed by atoms with van der Waals surface area (Å²) < 4.78 is 0. The van der Waals surface area contributed by atoms with E-state index in [9.17, 15) is 4.79 Å². The van der Waals surface area contributed by atoms with Gasteiger partial charge in [-0.3, -0.25) is 4.79 Å². The molecule has 90 valence electrons. The summed E-state index contributed by atoms with van der Waals surface area (Å²) in [6.45, 7) is 4.90. The molecule has 0 atom stereocenters. The molecule has 2 heterocycles. The van der Waals surface area contributed by atoms with Gasteiger partial charge in [0.05, 0.1) is 10.9 Å². The van der Waals surface area contributed by atoms with Crippen molar-refractivity contribution < 1.29 is 0 Å². The molecule has 0 aliphatic carbocycles. The number of rotatable bonds is 4. The summed E-state index contributed by atoms with van der Waals surface area (Å²) in [4.78, 5) is 22.7. The van der Waals surface area contributed by atoms with E-state index in [1.54, 1.807) is 12.4 Å². The molecule has 5 heteroatoms. The zero-order valence-electron chi connectivity index (χ0n) is 10.1. The fourth-order valence-electron chi connectivity index (χ4n) is 1.63. The van der Waals surface area contributed by atoms with Crippen molar-refractivity contribution in [3.8, 4) is 0 Å². The molecule has 0 saturated heterocycles. The highest BCUT2D eigenvalue weighted by Gasteiger charge is 2.05. The molecular formula is C12H16N4O. The molecule has 2 N–H and O–H groups in total. The SMILES string of the molecule is CCCCNc1ncc2c(=O)[nH]cc(C)c2n1. The predicted molar refractivity (Wildman–Crippen MR) is 68.3 cm³/mol. The summed E-state index contributed by atoms with van der Waals surface area (Å²) in [5, 5.41) is 3.68. The first-order chi connectivity index (χ1) is 8.22. The van der Waals surface area contributed by atoms with E-state index in [-0.39, 0.29) is 5.56 Å². The quantitative estimate of drug-likeness (QED) is 0.789. The zero-order valence-corrected chi connectivity index (χ0v) is 10.1. The maximum Gasteiger partial charge on any atom is 0.258 e. The minimum atomic E-state index is -0.147. The third kappa shape index (κ3) is 2.43. The average Bonchev–Trinajstić information content (AvgIpc) is 2.34. The molecule has 0 aliphatic rings. The van der Waals surface area contributed by atoms with Crippen molar-refractivity contribution in [2.75, 3.05) is 11.9 Å². The standard InChI is InChI=1S/C12H16N4O/c1-3-4-5-13-12-15-7-9-10(16-12)8(2)6-14-11(9)17/h6-7H,3-5H2,1-2H3,(H,14,17)(H,13,15,16). The number of H-pyrrole nitrogens is 1. The summed E-state index contributed by atoms with van der Waals surface area (Å²) in [6.07, 6.45) is 5.45. The molecule has 2 aromatic rings. The van der Waals surface area contributed by atoms with Crippen molar-refractivity contribution in [1.82, 2.24) is 15.0 Å². The monoisotopic (exact) mass is 232 g/mol.